The Labute approximate surface area is 121 Å². The standard InChI is InChI=1S/C14H16N2O5/c17-11(18)8-16-14(13(20)21)6-10(14)12(19)15-7-9-4-2-1-3-5-9/h1-5,10,16H,6-8H2,(H,15,19)(H,17,18)(H,20,21). The molecule has 1 fully saturated rings. The fourth-order valence-electron chi connectivity index (χ4n) is 2.23. The highest BCUT2D eigenvalue weighted by Crippen LogP contribution is 2.43. The number of benzene rings is 1. The molecule has 1 amide bonds. The predicted octanol–water partition coefficient (Wildman–Crippen LogP) is -0.180. The third kappa shape index (κ3) is 3.38. The molecule has 0 saturated heterocycles. The molecule has 0 bridgehead atoms. The first-order valence-electron chi connectivity index (χ1n) is 6.47. The van der Waals surface area contributed by atoms with E-state index in [1.54, 1.807) is 0 Å². The monoisotopic (exact) mass is 292 g/mol. The Hall–Kier alpha value is -2.41. The number of carbonyl (C=O) groups is 3. The van der Waals surface area contributed by atoms with Gasteiger partial charge in [0.1, 0.15) is 5.54 Å². The Kier molecular flexibility index (Phi) is 4.23. The molecular weight excluding hydrogens is 276 g/mol. The molecule has 112 valence electrons. The Bertz CT molecular complexity index is 560. The van der Waals surface area contributed by atoms with E-state index in [2.05, 4.69) is 10.6 Å². The summed E-state index contributed by atoms with van der Waals surface area (Å²) in [7, 11) is 0. The maximum Gasteiger partial charge on any atom is 0.324 e. The van der Waals surface area contributed by atoms with Gasteiger partial charge in [0.05, 0.1) is 12.5 Å². The van der Waals surface area contributed by atoms with E-state index in [1.165, 1.54) is 0 Å². The predicted molar refractivity (Wildman–Crippen MR) is 72.4 cm³/mol. The molecule has 2 rings (SSSR count). The lowest BCUT2D eigenvalue weighted by molar-refractivity contribution is -0.143. The lowest BCUT2D eigenvalue weighted by Gasteiger charge is -2.13. The van der Waals surface area contributed by atoms with Crippen LogP contribution in [0.4, 0.5) is 0 Å². The van der Waals surface area contributed by atoms with Gasteiger partial charge in [0, 0.05) is 6.54 Å². The molecule has 21 heavy (non-hydrogen) atoms. The number of aliphatic carboxylic acids is 2. The summed E-state index contributed by atoms with van der Waals surface area (Å²) in [6.07, 6.45) is 0.0935. The zero-order valence-electron chi connectivity index (χ0n) is 11.2. The average molecular weight is 292 g/mol. The quantitative estimate of drug-likeness (QED) is 0.554. The van der Waals surface area contributed by atoms with E-state index >= 15 is 0 Å². The van der Waals surface area contributed by atoms with Gasteiger partial charge in [-0.2, -0.15) is 0 Å². The maximum absolute atomic E-state index is 12.0. The molecular formula is C14H16N2O5. The lowest BCUT2D eigenvalue weighted by atomic mass is 10.2. The Morgan fingerprint density at radius 3 is 2.43 bits per heavy atom. The van der Waals surface area contributed by atoms with Gasteiger partial charge >= 0.3 is 11.9 Å². The van der Waals surface area contributed by atoms with Crippen LogP contribution in [-0.2, 0) is 20.9 Å². The summed E-state index contributed by atoms with van der Waals surface area (Å²) < 4.78 is 0. The minimum Gasteiger partial charge on any atom is -0.480 e. The molecule has 1 aliphatic rings. The number of hydrogen-bond acceptors (Lipinski definition) is 4. The van der Waals surface area contributed by atoms with E-state index in [-0.39, 0.29) is 12.3 Å². The fraction of sp³-hybridized carbons (Fsp3) is 0.357. The van der Waals surface area contributed by atoms with Crippen molar-refractivity contribution in [3.63, 3.8) is 0 Å². The third-order valence-corrected chi connectivity index (χ3v) is 3.52. The Balaban J connectivity index is 1.91. The van der Waals surface area contributed by atoms with Crippen LogP contribution in [0.2, 0.25) is 0 Å². The largest absolute Gasteiger partial charge is 0.480 e. The van der Waals surface area contributed by atoms with Crippen molar-refractivity contribution in [3.05, 3.63) is 35.9 Å². The lowest BCUT2D eigenvalue weighted by Crippen LogP contribution is -2.46. The van der Waals surface area contributed by atoms with Gasteiger partial charge in [0.15, 0.2) is 0 Å². The normalized spacial score (nSPS) is 23.3. The first kappa shape index (κ1) is 15.0. The van der Waals surface area contributed by atoms with E-state index in [0.29, 0.717) is 6.54 Å². The minimum absolute atomic E-state index is 0.0935. The summed E-state index contributed by atoms with van der Waals surface area (Å²) >= 11 is 0. The number of carbonyl (C=O) groups excluding carboxylic acids is 1. The molecule has 0 radical (unpaired) electrons. The van der Waals surface area contributed by atoms with Crippen molar-refractivity contribution in [3.8, 4) is 0 Å². The highest BCUT2D eigenvalue weighted by Gasteiger charge is 2.64. The molecule has 2 unspecified atom stereocenters. The molecule has 7 heteroatoms. The van der Waals surface area contributed by atoms with Crippen molar-refractivity contribution in [2.45, 2.75) is 18.5 Å². The zero-order valence-corrected chi connectivity index (χ0v) is 11.2. The second-order valence-corrected chi connectivity index (χ2v) is 4.98. The smallest absolute Gasteiger partial charge is 0.324 e. The van der Waals surface area contributed by atoms with E-state index in [4.69, 9.17) is 5.11 Å². The fourth-order valence-corrected chi connectivity index (χ4v) is 2.23. The van der Waals surface area contributed by atoms with Gasteiger partial charge in [-0.3, -0.25) is 19.7 Å². The van der Waals surface area contributed by atoms with Crippen molar-refractivity contribution < 1.29 is 24.6 Å². The molecule has 1 aromatic carbocycles. The van der Waals surface area contributed by atoms with Gasteiger partial charge in [-0.05, 0) is 12.0 Å². The Morgan fingerprint density at radius 1 is 1.19 bits per heavy atom. The van der Waals surface area contributed by atoms with Crippen molar-refractivity contribution in [1.82, 2.24) is 10.6 Å². The van der Waals surface area contributed by atoms with E-state index in [9.17, 15) is 19.5 Å². The topological polar surface area (TPSA) is 116 Å². The first-order valence-corrected chi connectivity index (χ1v) is 6.47. The van der Waals surface area contributed by atoms with Crippen LogP contribution in [0.3, 0.4) is 0 Å². The van der Waals surface area contributed by atoms with Gasteiger partial charge in [0.2, 0.25) is 5.91 Å². The molecule has 1 aliphatic carbocycles. The van der Waals surface area contributed by atoms with Crippen LogP contribution < -0.4 is 10.6 Å². The van der Waals surface area contributed by atoms with Crippen molar-refractivity contribution in [2.24, 2.45) is 5.92 Å². The average Bonchev–Trinajstić information content (AvgIpc) is 3.20. The third-order valence-electron chi connectivity index (χ3n) is 3.52. The molecule has 0 spiro atoms. The summed E-state index contributed by atoms with van der Waals surface area (Å²) in [5.74, 6) is -3.51. The van der Waals surface area contributed by atoms with Crippen LogP contribution >= 0.6 is 0 Å². The zero-order chi connectivity index (χ0) is 15.5. The van der Waals surface area contributed by atoms with Gasteiger partial charge in [-0.1, -0.05) is 30.3 Å². The molecule has 0 aromatic heterocycles. The first-order chi connectivity index (χ1) is 9.95. The maximum atomic E-state index is 12.0. The van der Waals surface area contributed by atoms with Gasteiger partial charge in [0.25, 0.3) is 0 Å². The number of amides is 1. The van der Waals surface area contributed by atoms with Crippen molar-refractivity contribution >= 4 is 17.8 Å². The summed E-state index contributed by atoms with van der Waals surface area (Å²) in [6, 6.07) is 9.24. The highest BCUT2D eigenvalue weighted by molar-refractivity contribution is 5.96. The van der Waals surface area contributed by atoms with Crippen molar-refractivity contribution in [2.75, 3.05) is 6.54 Å². The molecule has 0 aliphatic heterocycles. The number of rotatable bonds is 7. The minimum atomic E-state index is -1.46. The summed E-state index contributed by atoms with van der Waals surface area (Å²) in [4.78, 5) is 33.8. The van der Waals surface area contributed by atoms with Crippen LogP contribution in [0.1, 0.15) is 12.0 Å². The van der Waals surface area contributed by atoms with Gasteiger partial charge < -0.3 is 15.5 Å². The summed E-state index contributed by atoms with van der Waals surface area (Å²) in [6.45, 7) is -0.181. The van der Waals surface area contributed by atoms with Crippen LogP contribution in [0.25, 0.3) is 0 Å². The van der Waals surface area contributed by atoms with Crippen LogP contribution in [0.15, 0.2) is 30.3 Å². The van der Waals surface area contributed by atoms with Crippen LogP contribution in [0, 0.1) is 5.92 Å². The number of carboxylic acids is 2. The molecule has 1 aromatic rings. The van der Waals surface area contributed by atoms with Crippen LogP contribution in [0.5, 0.6) is 0 Å². The van der Waals surface area contributed by atoms with Crippen LogP contribution in [-0.4, -0.2) is 40.1 Å². The van der Waals surface area contributed by atoms with Crippen molar-refractivity contribution in [1.29, 1.82) is 0 Å². The summed E-state index contributed by atoms with van der Waals surface area (Å²) in [5.41, 5.74) is -0.551. The molecule has 1 saturated carbocycles. The van der Waals surface area contributed by atoms with Gasteiger partial charge in [-0.15, -0.1) is 0 Å². The Morgan fingerprint density at radius 2 is 1.86 bits per heavy atom. The number of hydrogen-bond donors (Lipinski definition) is 4. The summed E-state index contributed by atoms with van der Waals surface area (Å²) in [5, 5.41) is 22.9. The van der Waals surface area contributed by atoms with E-state index in [0.717, 1.165) is 5.56 Å². The molecule has 7 nitrogen and oxygen atoms in total. The second kappa shape index (κ2) is 5.92. The molecule has 2 atom stereocenters. The van der Waals surface area contributed by atoms with E-state index < -0.39 is 29.9 Å². The number of nitrogens with one attached hydrogen (secondary N) is 2. The SMILES string of the molecule is O=C(O)CNC1(C(=O)O)CC1C(=O)NCc1ccccc1. The second-order valence-electron chi connectivity index (χ2n) is 4.98. The number of carboxylic acid groups (broad SMARTS) is 2. The highest BCUT2D eigenvalue weighted by atomic mass is 16.4. The van der Waals surface area contributed by atoms with Gasteiger partial charge in [-0.25, -0.2) is 0 Å². The van der Waals surface area contributed by atoms with E-state index in [1.807, 2.05) is 30.3 Å². The molecule has 0 heterocycles. The molecule has 4 N–H and O–H groups in total.